The zero-order valence-corrected chi connectivity index (χ0v) is 13.8. The number of hydrogen-bond donors (Lipinski definition) is 2. The van der Waals surface area contributed by atoms with Gasteiger partial charge in [-0.2, -0.15) is 11.8 Å². The van der Waals surface area contributed by atoms with Crippen LogP contribution in [0.1, 0.15) is 48.2 Å². The molecule has 0 aliphatic carbocycles. The van der Waals surface area contributed by atoms with Crippen LogP contribution >= 0.6 is 11.8 Å². The van der Waals surface area contributed by atoms with Gasteiger partial charge in [0.15, 0.2) is 0 Å². The van der Waals surface area contributed by atoms with Crippen molar-refractivity contribution in [1.29, 1.82) is 0 Å². The van der Waals surface area contributed by atoms with Gasteiger partial charge < -0.3 is 11.1 Å². The van der Waals surface area contributed by atoms with Crippen molar-refractivity contribution < 1.29 is 4.79 Å². The minimum absolute atomic E-state index is 0.321. The maximum atomic E-state index is 11.1. The Morgan fingerprint density at radius 3 is 2.45 bits per heavy atom. The molecule has 20 heavy (non-hydrogen) atoms. The highest BCUT2D eigenvalue weighted by atomic mass is 32.2. The molecule has 0 heterocycles. The Balaban J connectivity index is 2.64. The van der Waals surface area contributed by atoms with Crippen molar-refractivity contribution in [1.82, 2.24) is 5.32 Å². The molecule has 0 spiro atoms. The van der Waals surface area contributed by atoms with Crippen molar-refractivity contribution in [2.24, 2.45) is 5.73 Å². The number of nitrogens with one attached hydrogen (secondary N) is 1. The zero-order chi connectivity index (χ0) is 15.2. The summed E-state index contributed by atoms with van der Waals surface area (Å²) in [6, 6.07) is 5.65. The number of amides is 1. The Labute approximate surface area is 126 Å². The summed E-state index contributed by atoms with van der Waals surface area (Å²) in [5.74, 6) is -0.369. The molecule has 3 N–H and O–H groups in total. The fraction of sp³-hybridized carbons (Fsp3) is 0.562. The van der Waals surface area contributed by atoms with E-state index in [2.05, 4.69) is 25.4 Å². The van der Waals surface area contributed by atoms with Crippen LogP contribution in [0.5, 0.6) is 0 Å². The summed E-state index contributed by atoms with van der Waals surface area (Å²) in [4.78, 5) is 11.1. The Bertz CT molecular complexity index is 448. The average molecular weight is 294 g/mol. The lowest BCUT2D eigenvalue weighted by Crippen LogP contribution is -2.36. The molecular formula is C16H26N2OS. The highest BCUT2D eigenvalue weighted by Gasteiger charge is 2.24. The van der Waals surface area contributed by atoms with Crippen molar-refractivity contribution in [3.63, 3.8) is 0 Å². The smallest absolute Gasteiger partial charge is 0.248 e. The Kier molecular flexibility index (Phi) is 6.56. The first-order valence-electron chi connectivity index (χ1n) is 7.13. The molecule has 0 aromatic heterocycles. The number of benzene rings is 1. The fourth-order valence-electron chi connectivity index (χ4n) is 2.33. The average Bonchev–Trinajstić information content (AvgIpc) is 2.45. The molecular weight excluding hydrogens is 268 g/mol. The van der Waals surface area contributed by atoms with Crippen LogP contribution in [0, 0.1) is 6.92 Å². The number of carbonyl (C=O) groups excluding carboxylic acids is 1. The second-order valence-corrected chi connectivity index (χ2v) is 6.48. The molecule has 0 radical (unpaired) electrons. The van der Waals surface area contributed by atoms with Gasteiger partial charge in [0.1, 0.15) is 0 Å². The van der Waals surface area contributed by atoms with E-state index in [-0.39, 0.29) is 5.91 Å². The SMILES string of the molecule is CCC(CC)(CNCc1ccc(C(N)=O)cc1C)SC. The number of hydrogen-bond acceptors (Lipinski definition) is 3. The first kappa shape index (κ1) is 17.1. The van der Waals surface area contributed by atoms with E-state index in [9.17, 15) is 4.79 Å². The molecule has 0 saturated heterocycles. The van der Waals surface area contributed by atoms with E-state index in [4.69, 9.17) is 5.73 Å². The van der Waals surface area contributed by atoms with Gasteiger partial charge in [-0.3, -0.25) is 4.79 Å². The maximum absolute atomic E-state index is 11.1. The quantitative estimate of drug-likeness (QED) is 0.774. The first-order valence-corrected chi connectivity index (χ1v) is 8.35. The number of nitrogens with two attached hydrogens (primary N) is 1. The van der Waals surface area contributed by atoms with Crippen LogP contribution < -0.4 is 11.1 Å². The van der Waals surface area contributed by atoms with Gasteiger partial charge in [0.05, 0.1) is 0 Å². The third-order valence-electron chi connectivity index (χ3n) is 4.11. The topological polar surface area (TPSA) is 55.1 Å². The molecule has 1 aromatic rings. The third kappa shape index (κ3) is 4.25. The van der Waals surface area contributed by atoms with Gasteiger partial charge >= 0.3 is 0 Å². The van der Waals surface area contributed by atoms with Crippen LogP contribution in [0.3, 0.4) is 0 Å². The third-order valence-corrected chi connectivity index (χ3v) is 5.70. The van der Waals surface area contributed by atoms with Gasteiger partial charge in [0, 0.05) is 23.4 Å². The zero-order valence-electron chi connectivity index (χ0n) is 13.0. The minimum Gasteiger partial charge on any atom is -0.366 e. The first-order chi connectivity index (χ1) is 9.48. The van der Waals surface area contributed by atoms with Crippen molar-refractivity contribution in [3.05, 3.63) is 34.9 Å². The molecule has 0 atom stereocenters. The molecule has 0 aliphatic heterocycles. The summed E-state index contributed by atoms with van der Waals surface area (Å²) in [6.07, 6.45) is 4.51. The second kappa shape index (κ2) is 7.70. The van der Waals surface area contributed by atoms with Gasteiger partial charge in [-0.1, -0.05) is 19.9 Å². The van der Waals surface area contributed by atoms with Gasteiger partial charge in [-0.25, -0.2) is 0 Å². The number of aryl methyl sites for hydroxylation is 1. The number of thioether (sulfide) groups is 1. The van der Waals surface area contributed by atoms with E-state index >= 15 is 0 Å². The monoisotopic (exact) mass is 294 g/mol. The Hall–Kier alpha value is -1.00. The van der Waals surface area contributed by atoms with E-state index < -0.39 is 0 Å². The summed E-state index contributed by atoms with van der Waals surface area (Å²) in [5, 5.41) is 3.55. The van der Waals surface area contributed by atoms with Crippen LogP contribution in [0.15, 0.2) is 18.2 Å². The van der Waals surface area contributed by atoms with Crippen LogP contribution in [0.25, 0.3) is 0 Å². The molecule has 0 saturated carbocycles. The van der Waals surface area contributed by atoms with Gasteiger partial charge in [0.25, 0.3) is 0 Å². The Morgan fingerprint density at radius 1 is 1.35 bits per heavy atom. The summed E-state index contributed by atoms with van der Waals surface area (Å²) < 4.78 is 0.321. The largest absolute Gasteiger partial charge is 0.366 e. The molecule has 1 amide bonds. The summed E-state index contributed by atoms with van der Waals surface area (Å²) in [7, 11) is 0. The molecule has 0 fully saturated rings. The number of carbonyl (C=O) groups is 1. The van der Waals surface area contributed by atoms with Crippen molar-refractivity contribution in [2.75, 3.05) is 12.8 Å². The molecule has 1 rings (SSSR count). The summed E-state index contributed by atoms with van der Waals surface area (Å²) in [6.45, 7) is 8.33. The standard InChI is InChI=1S/C16H26N2OS/c1-5-16(6-2,20-4)11-18-10-14-8-7-13(15(17)19)9-12(14)3/h7-9,18H,5-6,10-11H2,1-4H3,(H2,17,19). The van der Waals surface area contributed by atoms with Crippen molar-refractivity contribution >= 4 is 17.7 Å². The predicted octanol–water partition coefficient (Wildman–Crippen LogP) is 3.11. The fourth-order valence-corrected chi connectivity index (χ4v) is 3.16. The highest BCUT2D eigenvalue weighted by Crippen LogP contribution is 2.29. The molecule has 3 nitrogen and oxygen atoms in total. The van der Waals surface area contributed by atoms with Crippen LogP contribution in [-0.2, 0) is 6.54 Å². The number of rotatable bonds is 8. The van der Waals surface area contributed by atoms with Crippen LogP contribution in [-0.4, -0.2) is 23.5 Å². The van der Waals surface area contributed by atoms with E-state index in [1.807, 2.05) is 30.8 Å². The van der Waals surface area contributed by atoms with Crippen LogP contribution in [0.2, 0.25) is 0 Å². The number of primary amides is 1. The molecule has 0 aliphatic rings. The molecule has 4 heteroatoms. The van der Waals surface area contributed by atoms with Crippen LogP contribution in [0.4, 0.5) is 0 Å². The van der Waals surface area contributed by atoms with E-state index in [1.165, 1.54) is 5.56 Å². The normalized spacial score (nSPS) is 11.6. The van der Waals surface area contributed by atoms with Gasteiger partial charge in [-0.05, 0) is 49.3 Å². The van der Waals surface area contributed by atoms with E-state index in [0.29, 0.717) is 10.3 Å². The molecule has 1 aromatic carbocycles. The van der Waals surface area contributed by atoms with Gasteiger partial charge in [-0.15, -0.1) is 0 Å². The Morgan fingerprint density at radius 2 is 2.00 bits per heavy atom. The summed E-state index contributed by atoms with van der Waals surface area (Å²) in [5.41, 5.74) is 8.19. The van der Waals surface area contributed by atoms with E-state index in [1.54, 1.807) is 6.07 Å². The molecule has 0 unspecified atom stereocenters. The minimum atomic E-state index is -0.369. The van der Waals surface area contributed by atoms with E-state index in [0.717, 1.165) is 31.5 Å². The van der Waals surface area contributed by atoms with Crippen molar-refractivity contribution in [2.45, 2.75) is 44.9 Å². The molecule has 0 bridgehead atoms. The maximum Gasteiger partial charge on any atom is 0.248 e. The lowest BCUT2D eigenvalue weighted by Gasteiger charge is -2.30. The summed E-state index contributed by atoms with van der Waals surface area (Å²) >= 11 is 1.94. The lowest BCUT2D eigenvalue weighted by atomic mass is 10.0. The van der Waals surface area contributed by atoms with Crippen molar-refractivity contribution in [3.8, 4) is 0 Å². The predicted molar refractivity (Wildman–Crippen MR) is 88.2 cm³/mol. The highest BCUT2D eigenvalue weighted by molar-refractivity contribution is 8.00. The van der Waals surface area contributed by atoms with Gasteiger partial charge in [0.2, 0.25) is 5.91 Å². The lowest BCUT2D eigenvalue weighted by molar-refractivity contribution is 0.1000. The second-order valence-electron chi connectivity index (χ2n) is 5.20. The molecule has 112 valence electrons.